The SMILES string of the molecule is CCOc1ccccc1NC(=O)c1cccc(Nc2ccnc(-c3cccc(F)c3)n2)c1. The number of benzene rings is 3. The molecule has 6 nitrogen and oxygen atoms in total. The number of hydrogen-bond acceptors (Lipinski definition) is 5. The topological polar surface area (TPSA) is 76.1 Å². The van der Waals surface area contributed by atoms with Gasteiger partial charge in [0.2, 0.25) is 0 Å². The van der Waals surface area contributed by atoms with E-state index in [9.17, 15) is 9.18 Å². The number of nitrogens with one attached hydrogen (secondary N) is 2. The van der Waals surface area contributed by atoms with Crippen LogP contribution in [0.2, 0.25) is 0 Å². The Hall–Kier alpha value is -4.26. The average Bonchev–Trinajstić information content (AvgIpc) is 2.81. The molecule has 0 aliphatic carbocycles. The monoisotopic (exact) mass is 428 g/mol. The second-order valence-electron chi connectivity index (χ2n) is 6.86. The minimum atomic E-state index is -0.353. The molecule has 0 saturated carbocycles. The van der Waals surface area contributed by atoms with Gasteiger partial charge < -0.3 is 15.4 Å². The van der Waals surface area contributed by atoms with Crippen LogP contribution >= 0.6 is 0 Å². The van der Waals surface area contributed by atoms with Crippen LogP contribution < -0.4 is 15.4 Å². The highest BCUT2D eigenvalue weighted by Gasteiger charge is 2.11. The zero-order valence-corrected chi connectivity index (χ0v) is 17.4. The lowest BCUT2D eigenvalue weighted by atomic mass is 10.1. The fourth-order valence-corrected chi connectivity index (χ4v) is 3.13. The first-order valence-electron chi connectivity index (χ1n) is 10.1. The number of ether oxygens (including phenoxy) is 1. The molecule has 0 aliphatic rings. The number of anilines is 3. The van der Waals surface area contributed by atoms with Crippen molar-refractivity contribution in [2.24, 2.45) is 0 Å². The molecular formula is C25H21FN4O2. The van der Waals surface area contributed by atoms with E-state index in [1.54, 1.807) is 48.7 Å². The molecule has 160 valence electrons. The first kappa shape index (κ1) is 21.0. The molecule has 32 heavy (non-hydrogen) atoms. The summed E-state index contributed by atoms with van der Waals surface area (Å²) >= 11 is 0. The number of carbonyl (C=O) groups excluding carboxylic acids is 1. The van der Waals surface area contributed by atoms with E-state index in [0.717, 1.165) is 0 Å². The van der Waals surface area contributed by atoms with Gasteiger partial charge in [0.1, 0.15) is 17.4 Å². The van der Waals surface area contributed by atoms with Crippen LogP contribution in [-0.4, -0.2) is 22.5 Å². The van der Waals surface area contributed by atoms with Crippen LogP contribution in [0.1, 0.15) is 17.3 Å². The van der Waals surface area contributed by atoms with E-state index in [2.05, 4.69) is 20.6 Å². The van der Waals surface area contributed by atoms with Crippen LogP contribution in [0.25, 0.3) is 11.4 Å². The van der Waals surface area contributed by atoms with Gasteiger partial charge in [0.25, 0.3) is 5.91 Å². The summed E-state index contributed by atoms with van der Waals surface area (Å²) in [5, 5.41) is 6.06. The minimum absolute atomic E-state index is 0.260. The minimum Gasteiger partial charge on any atom is -0.492 e. The number of nitrogens with zero attached hydrogens (tertiary/aromatic N) is 2. The van der Waals surface area contributed by atoms with Crippen LogP contribution in [-0.2, 0) is 0 Å². The van der Waals surface area contributed by atoms with Crippen molar-refractivity contribution < 1.29 is 13.9 Å². The number of aromatic nitrogens is 2. The van der Waals surface area contributed by atoms with Crippen LogP contribution in [0.5, 0.6) is 5.75 Å². The van der Waals surface area contributed by atoms with Gasteiger partial charge in [-0.05, 0) is 55.5 Å². The van der Waals surface area contributed by atoms with Crippen molar-refractivity contribution in [3.63, 3.8) is 0 Å². The predicted octanol–water partition coefficient (Wildman–Crippen LogP) is 5.68. The Morgan fingerprint density at radius 2 is 1.84 bits per heavy atom. The molecule has 0 spiro atoms. The molecule has 1 amide bonds. The molecule has 2 N–H and O–H groups in total. The lowest BCUT2D eigenvalue weighted by Crippen LogP contribution is -2.13. The molecule has 0 atom stereocenters. The molecule has 4 aromatic rings. The first-order chi connectivity index (χ1) is 15.6. The number of halogens is 1. The maximum absolute atomic E-state index is 13.5. The Bertz CT molecular complexity index is 1250. The molecule has 3 aromatic carbocycles. The molecule has 0 fully saturated rings. The van der Waals surface area contributed by atoms with E-state index < -0.39 is 0 Å². The molecule has 0 aliphatic heterocycles. The molecule has 0 saturated heterocycles. The highest BCUT2D eigenvalue weighted by atomic mass is 19.1. The first-order valence-corrected chi connectivity index (χ1v) is 10.1. The molecule has 0 unspecified atom stereocenters. The van der Waals surface area contributed by atoms with Crippen LogP contribution in [0.4, 0.5) is 21.6 Å². The quantitative estimate of drug-likeness (QED) is 0.396. The number of carbonyl (C=O) groups is 1. The maximum atomic E-state index is 13.5. The van der Waals surface area contributed by atoms with Crippen LogP contribution in [0, 0.1) is 5.82 Å². The third-order valence-corrected chi connectivity index (χ3v) is 4.57. The molecule has 0 bridgehead atoms. The van der Waals surface area contributed by atoms with Crippen molar-refractivity contribution in [1.29, 1.82) is 0 Å². The van der Waals surface area contributed by atoms with E-state index in [0.29, 0.717) is 46.5 Å². The van der Waals surface area contributed by atoms with Gasteiger partial charge in [0.15, 0.2) is 5.82 Å². The maximum Gasteiger partial charge on any atom is 0.255 e. The largest absolute Gasteiger partial charge is 0.492 e. The van der Waals surface area contributed by atoms with E-state index in [-0.39, 0.29) is 11.7 Å². The van der Waals surface area contributed by atoms with Gasteiger partial charge in [-0.3, -0.25) is 4.79 Å². The Balaban J connectivity index is 1.51. The fourth-order valence-electron chi connectivity index (χ4n) is 3.13. The standard InChI is InChI=1S/C25H21FN4O2/c1-2-32-22-12-4-3-11-21(22)29-25(31)18-8-6-10-20(16-18)28-23-13-14-27-24(30-23)17-7-5-9-19(26)15-17/h3-16H,2H2,1H3,(H,29,31)(H,27,28,30). The third-order valence-electron chi connectivity index (χ3n) is 4.57. The normalized spacial score (nSPS) is 10.4. The molecule has 1 heterocycles. The molecule has 0 radical (unpaired) electrons. The van der Waals surface area contributed by atoms with Gasteiger partial charge in [0, 0.05) is 23.0 Å². The Labute approximate surface area is 185 Å². The van der Waals surface area contributed by atoms with E-state index >= 15 is 0 Å². The van der Waals surface area contributed by atoms with Gasteiger partial charge in [0.05, 0.1) is 12.3 Å². The van der Waals surface area contributed by atoms with Crippen molar-refractivity contribution in [2.45, 2.75) is 6.92 Å². The summed E-state index contributed by atoms with van der Waals surface area (Å²) in [6, 6.07) is 22.1. The third kappa shape index (κ3) is 5.07. The zero-order chi connectivity index (χ0) is 22.3. The molecule has 7 heteroatoms. The zero-order valence-electron chi connectivity index (χ0n) is 17.4. The Morgan fingerprint density at radius 1 is 1.00 bits per heavy atom. The van der Waals surface area contributed by atoms with Crippen molar-refractivity contribution in [2.75, 3.05) is 17.2 Å². The average molecular weight is 428 g/mol. The Kier molecular flexibility index (Phi) is 6.36. The summed E-state index contributed by atoms with van der Waals surface area (Å²) in [6.45, 7) is 2.39. The van der Waals surface area contributed by atoms with Gasteiger partial charge in [-0.1, -0.05) is 30.3 Å². The van der Waals surface area contributed by atoms with Gasteiger partial charge >= 0.3 is 0 Å². The van der Waals surface area contributed by atoms with Gasteiger partial charge in [-0.25, -0.2) is 14.4 Å². The van der Waals surface area contributed by atoms with Crippen molar-refractivity contribution in [3.05, 3.63) is 96.4 Å². The highest BCUT2D eigenvalue weighted by molar-refractivity contribution is 6.05. The van der Waals surface area contributed by atoms with E-state index in [1.807, 2.05) is 31.2 Å². The molecule has 1 aromatic heterocycles. The van der Waals surface area contributed by atoms with Crippen molar-refractivity contribution in [3.8, 4) is 17.1 Å². The summed E-state index contributed by atoms with van der Waals surface area (Å²) in [5.74, 6) is 0.927. The molecular weight excluding hydrogens is 407 g/mol. The summed E-state index contributed by atoms with van der Waals surface area (Å²) < 4.78 is 19.1. The molecule has 4 rings (SSSR count). The summed E-state index contributed by atoms with van der Waals surface area (Å²) in [6.07, 6.45) is 1.59. The van der Waals surface area contributed by atoms with E-state index in [4.69, 9.17) is 4.74 Å². The van der Waals surface area contributed by atoms with E-state index in [1.165, 1.54) is 12.1 Å². The smallest absolute Gasteiger partial charge is 0.255 e. The van der Waals surface area contributed by atoms with Crippen molar-refractivity contribution >= 4 is 23.1 Å². The summed E-state index contributed by atoms with van der Waals surface area (Å²) in [7, 11) is 0. The van der Waals surface area contributed by atoms with Gasteiger partial charge in [-0.15, -0.1) is 0 Å². The lowest BCUT2D eigenvalue weighted by molar-refractivity contribution is 0.102. The number of amides is 1. The van der Waals surface area contributed by atoms with Crippen molar-refractivity contribution in [1.82, 2.24) is 9.97 Å². The highest BCUT2D eigenvalue weighted by Crippen LogP contribution is 2.25. The van der Waals surface area contributed by atoms with Crippen LogP contribution in [0.3, 0.4) is 0 Å². The summed E-state index contributed by atoms with van der Waals surface area (Å²) in [5.41, 5.74) is 2.34. The lowest BCUT2D eigenvalue weighted by Gasteiger charge is -2.12. The summed E-state index contributed by atoms with van der Waals surface area (Å²) in [4.78, 5) is 21.5. The van der Waals surface area contributed by atoms with Gasteiger partial charge in [-0.2, -0.15) is 0 Å². The number of hydrogen-bond donors (Lipinski definition) is 2. The second-order valence-corrected chi connectivity index (χ2v) is 6.86. The number of rotatable bonds is 7. The second kappa shape index (κ2) is 9.70. The van der Waals surface area contributed by atoms with Crippen LogP contribution in [0.15, 0.2) is 85.1 Å². The Morgan fingerprint density at radius 3 is 2.69 bits per heavy atom. The number of para-hydroxylation sites is 2. The fraction of sp³-hybridized carbons (Fsp3) is 0.0800. The predicted molar refractivity (Wildman–Crippen MR) is 123 cm³/mol.